The zero-order valence-corrected chi connectivity index (χ0v) is 24.6. The zero-order chi connectivity index (χ0) is 29.5. The fraction of sp³-hybridized carbons (Fsp3) is 0.0476. The third kappa shape index (κ3) is 4.35. The molecule has 0 saturated heterocycles. The highest BCUT2D eigenvalue weighted by molar-refractivity contribution is 6.15. The minimum atomic E-state index is -0.0802. The number of nitrogens with one attached hydrogen (secondary N) is 1. The van der Waals surface area contributed by atoms with Gasteiger partial charge in [0.2, 0.25) is 0 Å². The molecule has 0 aliphatic carbocycles. The van der Waals surface area contributed by atoms with Crippen LogP contribution in [0.4, 0.5) is 5.69 Å². The second-order valence-corrected chi connectivity index (χ2v) is 11.4. The third-order valence-corrected chi connectivity index (χ3v) is 8.86. The molecule has 0 fully saturated rings. The molecule has 1 atom stereocenters. The highest BCUT2D eigenvalue weighted by Crippen LogP contribution is 2.46. The van der Waals surface area contributed by atoms with Gasteiger partial charge in [-0.3, -0.25) is 0 Å². The summed E-state index contributed by atoms with van der Waals surface area (Å²) in [6, 6.07) is 58.9. The van der Waals surface area contributed by atoms with Crippen LogP contribution in [0.2, 0.25) is 0 Å². The molecule has 0 bridgehead atoms. The van der Waals surface area contributed by atoms with Crippen molar-refractivity contribution in [3.05, 3.63) is 186 Å². The van der Waals surface area contributed by atoms with Gasteiger partial charge in [-0.1, -0.05) is 152 Å². The summed E-state index contributed by atoms with van der Waals surface area (Å²) in [6.07, 6.45) is -0.0802. The van der Waals surface area contributed by atoms with Crippen LogP contribution in [0.5, 0.6) is 0 Å². The Kier molecular flexibility index (Phi) is 6.46. The Morgan fingerprint density at radius 3 is 1.59 bits per heavy atom. The van der Waals surface area contributed by atoms with E-state index in [0.29, 0.717) is 0 Å². The van der Waals surface area contributed by atoms with Crippen molar-refractivity contribution in [2.75, 3.05) is 4.90 Å². The van der Waals surface area contributed by atoms with E-state index in [0.717, 1.165) is 11.4 Å². The summed E-state index contributed by atoms with van der Waals surface area (Å²) in [4.78, 5) is 2.48. The number of fused-ring (bicyclic) bond motifs is 2. The van der Waals surface area contributed by atoms with Gasteiger partial charge in [-0.2, -0.15) is 0 Å². The Morgan fingerprint density at radius 2 is 0.977 bits per heavy atom. The van der Waals surface area contributed by atoms with Crippen molar-refractivity contribution in [1.29, 1.82) is 0 Å². The zero-order valence-electron chi connectivity index (χ0n) is 24.6. The number of aryl methyl sites for hydroxylation is 1. The van der Waals surface area contributed by atoms with Crippen molar-refractivity contribution in [2.45, 2.75) is 13.1 Å². The molecule has 0 amide bonds. The predicted molar refractivity (Wildman–Crippen MR) is 186 cm³/mol. The summed E-state index contributed by atoms with van der Waals surface area (Å²) in [5.74, 6) is 0. The highest BCUT2D eigenvalue weighted by Gasteiger charge is 2.35. The molecule has 1 aliphatic heterocycles. The van der Waals surface area contributed by atoms with Crippen LogP contribution in [-0.2, 0) is 0 Å². The molecule has 210 valence electrons. The first-order valence-electron chi connectivity index (χ1n) is 15.2. The van der Waals surface area contributed by atoms with Crippen molar-refractivity contribution in [3.8, 4) is 11.1 Å². The van der Waals surface area contributed by atoms with Gasteiger partial charge < -0.3 is 10.2 Å². The van der Waals surface area contributed by atoms with Crippen LogP contribution in [0.3, 0.4) is 0 Å². The smallest absolute Gasteiger partial charge is 0.130 e. The SMILES string of the molecule is Cc1c2ccccc2c(-c2cccc(N3C(c4ccccc4)=C(c4ccccc4)NC3c3ccccc3)c2)c2ccccc12. The number of benzene rings is 7. The summed E-state index contributed by atoms with van der Waals surface area (Å²) in [6.45, 7) is 2.24. The number of anilines is 1. The van der Waals surface area contributed by atoms with Crippen molar-refractivity contribution in [2.24, 2.45) is 0 Å². The molecule has 0 saturated carbocycles. The quantitative estimate of drug-likeness (QED) is 0.209. The van der Waals surface area contributed by atoms with Gasteiger partial charge in [-0.15, -0.1) is 0 Å². The standard InChI is InChI=1S/C42H32N2/c1-29-35-24-11-13-26-37(35)39(38-27-14-12-25-36(29)38)33-22-15-23-34(28-33)44-41(31-18-7-3-8-19-31)40(30-16-5-2-6-17-30)43-42(44)32-20-9-4-10-21-32/h2-28,42-43H,1H3. The third-order valence-electron chi connectivity index (χ3n) is 8.86. The van der Waals surface area contributed by atoms with E-state index in [-0.39, 0.29) is 6.17 Å². The molecular weight excluding hydrogens is 532 g/mol. The first-order chi connectivity index (χ1) is 21.8. The lowest BCUT2D eigenvalue weighted by molar-refractivity contribution is 0.679. The maximum atomic E-state index is 3.95. The fourth-order valence-electron chi connectivity index (χ4n) is 6.84. The molecule has 2 nitrogen and oxygen atoms in total. The second kappa shape index (κ2) is 10.9. The lowest BCUT2D eigenvalue weighted by Crippen LogP contribution is -2.29. The van der Waals surface area contributed by atoms with Crippen LogP contribution >= 0.6 is 0 Å². The van der Waals surface area contributed by atoms with Gasteiger partial charge in [0.25, 0.3) is 0 Å². The Morgan fingerprint density at radius 1 is 0.477 bits per heavy atom. The maximum Gasteiger partial charge on any atom is 0.130 e. The topological polar surface area (TPSA) is 15.3 Å². The molecule has 8 rings (SSSR count). The monoisotopic (exact) mass is 564 g/mol. The lowest BCUT2D eigenvalue weighted by atomic mass is 9.89. The first-order valence-corrected chi connectivity index (χ1v) is 15.2. The predicted octanol–water partition coefficient (Wildman–Crippen LogP) is 10.6. The molecule has 0 radical (unpaired) electrons. The molecule has 7 aromatic rings. The molecule has 7 aromatic carbocycles. The normalized spacial score (nSPS) is 14.8. The van der Waals surface area contributed by atoms with Gasteiger partial charge in [0.05, 0.1) is 11.4 Å². The highest BCUT2D eigenvalue weighted by atomic mass is 15.3. The average molecular weight is 565 g/mol. The summed E-state index contributed by atoms with van der Waals surface area (Å²) >= 11 is 0. The minimum absolute atomic E-state index is 0.0802. The molecule has 1 heterocycles. The number of nitrogens with zero attached hydrogens (tertiary/aromatic N) is 1. The van der Waals surface area contributed by atoms with Crippen molar-refractivity contribution in [1.82, 2.24) is 5.32 Å². The van der Waals surface area contributed by atoms with Crippen LogP contribution in [0.15, 0.2) is 164 Å². The van der Waals surface area contributed by atoms with E-state index in [4.69, 9.17) is 0 Å². The lowest BCUT2D eigenvalue weighted by Gasteiger charge is -2.30. The Balaban J connectivity index is 1.39. The molecular formula is C42H32N2. The van der Waals surface area contributed by atoms with Gasteiger partial charge >= 0.3 is 0 Å². The minimum Gasteiger partial charge on any atom is -0.359 e. The molecule has 1 unspecified atom stereocenters. The molecule has 0 aromatic heterocycles. The van der Waals surface area contributed by atoms with E-state index >= 15 is 0 Å². The maximum absolute atomic E-state index is 3.95. The summed E-state index contributed by atoms with van der Waals surface area (Å²) in [7, 11) is 0. The summed E-state index contributed by atoms with van der Waals surface area (Å²) in [5, 5.41) is 9.11. The Labute approximate surface area is 258 Å². The molecule has 0 spiro atoms. The fourth-order valence-corrected chi connectivity index (χ4v) is 6.84. The van der Waals surface area contributed by atoms with Gasteiger partial charge in [-0.05, 0) is 68.4 Å². The van der Waals surface area contributed by atoms with Gasteiger partial charge in [0.15, 0.2) is 0 Å². The molecule has 1 N–H and O–H groups in total. The van der Waals surface area contributed by atoms with Crippen molar-refractivity contribution < 1.29 is 0 Å². The van der Waals surface area contributed by atoms with Crippen LogP contribution < -0.4 is 10.2 Å². The number of hydrogen-bond donors (Lipinski definition) is 1. The Hall–Kier alpha value is -5.60. The van der Waals surface area contributed by atoms with Crippen molar-refractivity contribution >= 4 is 38.6 Å². The number of hydrogen-bond acceptors (Lipinski definition) is 2. The van der Waals surface area contributed by atoms with Gasteiger partial charge in [-0.25, -0.2) is 0 Å². The van der Waals surface area contributed by atoms with E-state index in [1.54, 1.807) is 0 Å². The van der Waals surface area contributed by atoms with Gasteiger partial charge in [0, 0.05) is 11.3 Å². The van der Waals surface area contributed by atoms with E-state index < -0.39 is 0 Å². The van der Waals surface area contributed by atoms with E-state index in [9.17, 15) is 0 Å². The largest absolute Gasteiger partial charge is 0.359 e. The van der Waals surface area contributed by atoms with Crippen LogP contribution in [0.1, 0.15) is 28.4 Å². The van der Waals surface area contributed by atoms with Crippen LogP contribution in [0, 0.1) is 6.92 Å². The second-order valence-electron chi connectivity index (χ2n) is 11.4. The van der Waals surface area contributed by atoms with E-state index in [1.165, 1.54) is 60.6 Å². The van der Waals surface area contributed by atoms with Crippen LogP contribution in [-0.4, -0.2) is 0 Å². The van der Waals surface area contributed by atoms with Crippen LogP contribution in [0.25, 0.3) is 44.1 Å². The number of rotatable bonds is 5. The average Bonchev–Trinajstić information content (AvgIpc) is 3.51. The summed E-state index contributed by atoms with van der Waals surface area (Å²) in [5.41, 5.74) is 10.8. The molecule has 44 heavy (non-hydrogen) atoms. The van der Waals surface area contributed by atoms with E-state index in [1.807, 2.05) is 0 Å². The van der Waals surface area contributed by atoms with Crippen molar-refractivity contribution in [3.63, 3.8) is 0 Å². The molecule has 2 heteroatoms. The summed E-state index contributed by atoms with van der Waals surface area (Å²) < 4.78 is 0. The Bertz CT molecular complexity index is 2090. The van der Waals surface area contributed by atoms with Gasteiger partial charge in [0.1, 0.15) is 6.17 Å². The first kappa shape index (κ1) is 26.1. The van der Waals surface area contributed by atoms with E-state index in [2.05, 4.69) is 181 Å². The molecule has 1 aliphatic rings.